The zero-order valence-electron chi connectivity index (χ0n) is 17.8. The van der Waals surface area contributed by atoms with Crippen molar-refractivity contribution in [1.29, 1.82) is 0 Å². The molecule has 168 valence electrons. The van der Waals surface area contributed by atoms with Crippen LogP contribution in [0.25, 0.3) is 0 Å². The maximum absolute atomic E-state index is 12.3. The Kier molecular flexibility index (Phi) is 10.6. The summed E-state index contributed by atoms with van der Waals surface area (Å²) in [5, 5.41) is 12.4. The molecule has 0 aliphatic carbocycles. The van der Waals surface area contributed by atoms with Crippen molar-refractivity contribution in [2.24, 2.45) is 0 Å². The van der Waals surface area contributed by atoms with E-state index in [1.807, 2.05) is 31.1 Å². The molecule has 0 fully saturated rings. The molecule has 0 saturated carbocycles. The third-order valence-electron chi connectivity index (χ3n) is 4.43. The first-order chi connectivity index (χ1) is 14.3. The van der Waals surface area contributed by atoms with Crippen molar-refractivity contribution in [1.82, 2.24) is 4.90 Å². The second-order valence-corrected chi connectivity index (χ2v) is 7.14. The SMILES string of the molecule is CN(C)CC[NH2+]C(=O)Cc1ccc(N(C)C(=O)OCc2ccc([N+](=O)[O-])cc2)cc1.[Cl-]. The van der Waals surface area contributed by atoms with E-state index in [4.69, 9.17) is 4.74 Å². The van der Waals surface area contributed by atoms with Crippen LogP contribution in [-0.4, -0.2) is 56.1 Å². The Labute approximate surface area is 187 Å². The summed E-state index contributed by atoms with van der Waals surface area (Å²) in [6.45, 7) is 1.56. The van der Waals surface area contributed by atoms with Gasteiger partial charge in [0.2, 0.25) is 0 Å². The molecule has 0 aromatic heterocycles. The molecule has 0 heterocycles. The molecule has 2 aromatic carbocycles. The lowest BCUT2D eigenvalue weighted by Gasteiger charge is -2.17. The van der Waals surface area contributed by atoms with Crippen molar-refractivity contribution < 1.29 is 37.0 Å². The lowest BCUT2D eigenvalue weighted by Crippen LogP contribution is -3.00. The minimum atomic E-state index is -0.547. The molecule has 0 aliphatic rings. The quantitative estimate of drug-likeness (QED) is 0.370. The van der Waals surface area contributed by atoms with Crippen LogP contribution < -0.4 is 22.6 Å². The number of carbonyl (C=O) groups excluding carboxylic acids is 2. The molecule has 0 unspecified atom stereocenters. The number of ether oxygens (including phenoxy) is 1. The highest BCUT2D eigenvalue weighted by Gasteiger charge is 2.14. The van der Waals surface area contributed by atoms with E-state index in [2.05, 4.69) is 0 Å². The van der Waals surface area contributed by atoms with Gasteiger partial charge in [0.25, 0.3) is 5.69 Å². The third-order valence-corrected chi connectivity index (χ3v) is 4.43. The first-order valence-electron chi connectivity index (χ1n) is 9.50. The Morgan fingerprint density at radius 2 is 1.58 bits per heavy atom. The number of hydrogen-bond donors (Lipinski definition) is 1. The summed E-state index contributed by atoms with van der Waals surface area (Å²) >= 11 is 0. The van der Waals surface area contributed by atoms with Gasteiger partial charge in [-0.3, -0.25) is 20.3 Å². The van der Waals surface area contributed by atoms with Crippen molar-refractivity contribution in [3.8, 4) is 0 Å². The van der Waals surface area contributed by atoms with E-state index in [9.17, 15) is 19.7 Å². The Morgan fingerprint density at radius 1 is 1.00 bits per heavy atom. The number of nitrogens with zero attached hydrogens (tertiary/aromatic N) is 3. The smallest absolute Gasteiger partial charge is 0.414 e. The summed E-state index contributed by atoms with van der Waals surface area (Å²) in [5.41, 5.74) is 2.15. The number of quaternary nitrogens is 1. The Balaban J connectivity index is 0.00000480. The number of nitrogens with two attached hydrogens (primary N) is 1. The first kappa shape index (κ1) is 26.0. The molecule has 0 aliphatic heterocycles. The van der Waals surface area contributed by atoms with E-state index < -0.39 is 11.0 Å². The number of anilines is 1. The molecule has 2 rings (SSSR count). The zero-order valence-corrected chi connectivity index (χ0v) is 18.5. The van der Waals surface area contributed by atoms with Crippen LogP contribution >= 0.6 is 0 Å². The maximum atomic E-state index is 12.3. The highest BCUT2D eigenvalue weighted by molar-refractivity contribution is 5.87. The van der Waals surface area contributed by atoms with Crippen LogP contribution in [0.4, 0.5) is 16.2 Å². The number of primary amides is 1. The predicted octanol–water partition coefficient (Wildman–Crippen LogP) is -1.43. The lowest BCUT2D eigenvalue weighted by molar-refractivity contribution is -0.568. The second-order valence-electron chi connectivity index (χ2n) is 7.14. The molecule has 0 spiro atoms. The number of amides is 2. The molecular weight excluding hydrogens is 424 g/mol. The minimum absolute atomic E-state index is 0. The number of non-ortho nitro benzene ring substituents is 1. The van der Waals surface area contributed by atoms with Gasteiger partial charge in [0.1, 0.15) is 6.61 Å². The Bertz CT molecular complexity index is 872. The second kappa shape index (κ2) is 12.6. The summed E-state index contributed by atoms with van der Waals surface area (Å²) < 4.78 is 5.26. The molecule has 0 saturated heterocycles. The molecule has 10 heteroatoms. The molecule has 0 radical (unpaired) electrons. The van der Waals surface area contributed by atoms with Gasteiger partial charge in [0.05, 0.1) is 17.9 Å². The Morgan fingerprint density at radius 3 is 2.13 bits per heavy atom. The van der Waals surface area contributed by atoms with E-state index in [0.29, 0.717) is 24.2 Å². The number of nitro groups is 1. The van der Waals surface area contributed by atoms with Crippen LogP contribution in [0.1, 0.15) is 11.1 Å². The summed E-state index contributed by atoms with van der Waals surface area (Å²) in [6, 6.07) is 13.0. The van der Waals surface area contributed by atoms with Gasteiger partial charge in [-0.2, -0.15) is 0 Å². The fourth-order valence-electron chi connectivity index (χ4n) is 2.66. The van der Waals surface area contributed by atoms with Crippen LogP contribution in [0, 0.1) is 10.1 Å². The summed E-state index contributed by atoms with van der Waals surface area (Å²) in [4.78, 5) is 37.8. The fraction of sp³-hybridized carbons (Fsp3) is 0.333. The van der Waals surface area contributed by atoms with Crippen LogP contribution in [-0.2, 0) is 22.6 Å². The van der Waals surface area contributed by atoms with Gasteiger partial charge in [-0.1, -0.05) is 12.1 Å². The van der Waals surface area contributed by atoms with Crippen molar-refractivity contribution in [3.05, 3.63) is 69.8 Å². The van der Waals surface area contributed by atoms with Crippen molar-refractivity contribution in [2.45, 2.75) is 13.0 Å². The number of carbonyl (C=O) groups is 2. The standard InChI is InChI=1S/C21H26N4O5.ClH/c1-23(2)13-12-22-20(26)14-16-4-8-18(9-5-16)24(3)21(27)30-15-17-6-10-19(11-7-17)25(28)29;/h4-11H,12-15H2,1-3H3,(H,22,26);1H. The molecule has 0 bridgehead atoms. The maximum Gasteiger partial charge on any atom is 0.414 e. The molecular formula is C21H27ClN4O5. The minimum Gasteiger partial charge on any atom is -1.00 e. The number of hydrogen-bond acceptors (Lipinski definition) is 6. The lowest BCUT2D eigenvalue weighted by atomic mass is 10.1. The molecule has 0 atom stereocenters. The van der Waals surface area contributed by atoms with E-state index >= 15 is 0 Å². The zero-order chi connectivity index (χ0) is 22.1. The molecule has 2 amide bonds. The summed E-state index contributed by atoms with van der Waals surface area (Å²) in [7, 11) is 5.52. The number of benzene rings is 2. The highest BCUT2D eigenvalue weighted by atomic mass is 35.5. The highest BCUT2D eigenvalue weighted by Crippen LogP contribution is 2.17. The average molecular weight is 451 g/mol. The van der Waals surface area contributed by atoms with E-state index in [1.54, 1.807) is 36.6 Å². The average Bonchev–Trinajstić information content (AvgIpc) is 2.72. The molecule has 9 nitrogen and oxygen atoms in total. The first-order valence-corrected chi connectivity index (χ1v) is 9.50. The summed E-state index contributed by atoms with van der Waals surface area (Å²) in [5.74, 6) is 0.0699. The van der Waals surface area contributed by atoms with E-state index in [0.717, 1.165) is 12.1 Å². The van der Waals surface area contributed by atoms with E-state index in [1.165, 1.54) is 17.0 Å². The molecule has 2 N–H and O–H groups in total. The number of rotatable bonds is 9. The third kappa shape index (κ3) is 8.71. The monoisotopic (exact) mass is 450 g/mol. The summed E-state index contributed by atoms with van der Waals surface area (Å²) in [6.07, 6.45) is -0.226. The van der Waals surface area contributed by atoms with Gasteiger partial charge >= 0.3 is 12.0 Å². The van der Waals surface area contributed by atoms with Gasteiger partial charge in [-0.25, -0.2) is 9.59 Å². The molecule has 31 heavy (non-hydrogen) atoms. The van der Waals surface area contributed by atoms with Crippen LogP contribution in [0.3, 0.4) is 0 Å². The van der Waals surface area contributed by atoms with Gasteiger partial charge in [0.15, 0.2) is 0 Å². The fourth-order valence-corrected chi connectivity index (χ4v) is 2.66. The van der Waals surface area contributed by atoms with Crippen molar-refractivity contribution in [3.63, 3.8) is 0 Å². The predicted molar refractivity (Wildman–Crippen MR) is 112 cm³/mol. The van der Waals surface area contributed by atoms with Gasteiger partial charge in [-0.15, -0.1) is 0 Å². The van der Waals surface area contributed by atoms with Gasteiger partial charge < -0.3 is 22.0 Å². The van der Waals surface area contributed by atoms with Crippen LogP contribution in [0.5, 0.6) is 0 Å². The number of likely N-dealkylation sites (N-methyl/N-ethyl adjacent to an activating group) is 1. The van der Waals surface area contributed by atoms with Crippen LogP contribution in [0.2, 0.25) is 0 Å². The van der Waals surface area contributed by atoms with Crippen LogP contribution in [0.15, 0.2) is 48.5 Å². The van der Waals surface area contributed by atoms with Gasteiger partial charge in [0, 0.05) is 31.4 Å². The topological polar surface area (TPSA) is 110 Å². The largest absolute Gasteiger partial charge is 1.00 e. The van der Waals surface area contributed by atoms with Gasteiger partial charge in [-0.05, 0) is 49.5 Å². The van der Waals surface area contributed by atoms with E-state index in [-0.39, 0.29) is 30.6 Å². The number of halogens is 1. The Hall–Kier alpha value is -3.01. The van der Waals surface area contributed by atoms with Crippen molar-refractivity contribution in [2.75, 3.05) is 39.1 Å². The van der Waals surface area contributed by atoms with Crippen molar-refractivity contribution >= 4 is 23.4 Å². The normalized spacial score (nSPS) is 10.3. The molecule has 2 aromatic rings. The number of nitro benzene ring substituents is 1.